The molecule has 0 fully saturated rings. The van der Waals surface area contributed by atoms with Crippen molar-refractivity contribution < 1.29 is 24.9 Å². The smallest absolute Gasteiger partial charge is 0.374 e. The topological polar surface area (TPSA) is 87.0 Å². The number of rotatable bonds is 3. The summed E-state index contributed by atoms with van der Waals surface area (Å²) in [6.07, 6.45) is -0.228. The minimum Gasteiger partial charge on any atom is -0.508 e. The Balaban J connectivity index is 1.92. The number of aromatic hydroxyl groups is 2. The molecule has 3 N–H and O–H groups in total. The molecule has 112 valence electrons. The SMILES string of the molecule is O=C1OC(Cc2ccc(O)cc2)C(c2ccc(O)cc2)=C1O. The molecule has 2 aromatic rings. The summed E-state index contributed by atoms with van der Waals surface area (Å²) in [5, 5.41) is 28.6. The van der Waals surface area contributed by atoms with Crippen LogP contribution in [0.5, 0.6) is 11.5 Å². The monoisotopic (exact) mass is 298 g/mol. The van der Waals surface area contributed by atoms with Gasteiger partial charge in [0.05, 0.1) is 0 Å². The van der Waals surface area contributed by atoms with E-state index in [0.29, 0.717) is 17.6 Å². The number of benzene rings is 2. The van der Waals surface area contributed by atoms with Gasteiger partial charge >= 0.3 is 5.97 Å². The highest BCUT2D eigenvalue weighted by atomic mass is 16.6. The molecule has 0 saturated carbocycles. The Morgan fingerprint density at radius 3 is 2.00 bits per heavy atom. The quantitative estimate of drug-likeness (QED) is 0.758. The Hall–Kier alpha value is -2.95. The molecule has 2 aromatic carbocycles. The Kier molecular flexibility index (Phi) is 3.47. The summed E-state index contributed by atoms with van der Waals surface area (Å²) in [5.74, 6) is -0.908. The fraction of sp³-hybridized carbons (Fsp3) is 0.118. The number of ether oxygens (including phenoxy) is 1. The van der Waals surface area contributed by atoms with Crippen molar-refractivity contribution in [1.29, 1.82) is 0 Å². The number of carbonyl (C=O) groups is 1. The van der Waals surface area contributed by atoms with E-state index >= 15 is 0 Å². The number of hydrogen-bond donors (Lipinski definition) is 3. The van der Waals surface area contributed by atoms with Crippen molar-refractivity contribution in [3.8, 4) is 11.5 Å². The number of aliphatic hydroxyl groups is 1. The number of aliphatic hydroxyl groups excluding tert-OH is 1. The lowest BCUT2D eigenvalue weighted by Gasteiger charge is -2.14. The molecule has 1 aliphatic rings. The van der Waals surface area contributed by atoms with E-state index in [-0.39, 0.29) is 11.5 Å². The van der Waals surface area contributed by atoms with Crippen molar-refractivity contribution in [2.75, 3.05) is 0 Å². The van der Waals surface area contributed by atoms with Crippen LogP contribution in [0.1, 0.15) is 11.1 Å². The lowest BCUT2D eigenvalue weighted by Crippen LogP contribution is -2.14. The first-order chi connectivity index (χ1) is 10.5. The fourth-order valence-electron chi connectivity index (χ4n) is 2.46. The summed E-state index contributed by atoms with van der Waals surface area (Å²) in [6.45, 7) is 0. The highest BCUT2D eigenvalue weighted by Crippen LogP contribution is 2.33. The predicted octanol–water partition coefficient (Wildman–Crippen LogP) is 2.54. The fourth-order valence-corrected chi connectivity index (χ4v) is 2.46. The molecule has 0 aliphatic carbocycles. The van der Waals surface area contributed by atoms with Gasteiger partial charge in [-0.15, -0.1) is 0 Å². The third kappa shape index (κ3) is 2.61. The molecule has 1 aliphatic heterocycles. The van der Waals surface area contributed by atoms with Gasteiger partial charge in [0, 0.05) is 12.0 Å². The molecule has 5 nitrogen and oxygen atoms in total. The van der Waals surface area contributed by atoms with E-state index < -0.39 is 17.8 Å². The van der Waals surface area contributed by atoms with Crippen molar-refractivity contribution >= 4 is 11.5 Å². The van der Waals surface area contributed by atoms with Crippen LogP contribution in [-0.4, -0.2) is 27.4 Å². The summed E-state index contributed by atoms with van der Waals surface area (Å²) in [4.78, 5) is 11.7. The normalized spacial score (nSPS) is 17.6. The van der Waals surface area contributed by atoms with Crippen molar-refractivity contribution in [3.63, 3.8) is 0 Å². The lowest BCUT2D eigenvalue weighted by molar-refractivity contribution is -0.141. The number of phenolic OH excluding ortho intramolecular Hbond substituents is 2. The lowest BCUT2D eigenvalue weighted by atomic mass is 9.95. The maximum atomic E-state index is 11.7. The molecule has 1 heterocycles. The first-order valence-electron chi connectivity index (χ1n) is 6.76. The van der Waals surface area contributed by atoms with E-state index in [9.17, 15) is 20.1 Å². The van der Waals surface area contributed by atoms with Gasteiger partial charge in [-0.2, -0.15) is 0 Å². The minimum absolute atomic E-state index is 0.101. The van der Waals surface area contributed by atoms with E-state index in [1.165, 1.54) is 12.1 Å². The molecule has 22 heavy (non-hydrogen) atoms. The maximum Gasteiger partial charge on any atom is 0.374 e. The zero-order valence-electron chi connectivity index (χ0n) is 11.6. The van der Waals surface area contributed by atoms with Crippen LogP contribution in [-0.2, 0) is 16.0 Å². The summed E-state index contributed by atoms with van der Waals surface area (Å²) in [6, 6.07) is 12.8. The maximum absolute atomic E-state index is 11.7. The van der Waals surface area contributed by atoms with Gasteiger partial charge in [0.1, 0.15) is 17.6 Å². The van der Waals surface area contributed by atoms with E-state index in [1.54, 1.807) is 36.4 Å². The zero-order chi connectivity index (χ0) is 15.7. The van der Waals surface area contributed by atoms with Crippen LogP contribution >= 0.6 is 0 Å². The van der Waals surface area contributed by atoms with E-state index in [4.69, 9.17) is 4.74 Å². The molecule has 1 unspecified atom stereocenters. The Morgan fingerprint density at radius 2 is 1.41 bits per heavy atom. The molecular formula is C17H14O5. The van der Waals surface area contributed by atoms with Gasteiger partial charge in [-0.1, -0.05) is 24.3 Å². The molecule has 0 radical (unpaired) electrons. The standard InChI is InChI=1S/C17H14O5/c18-12-5-1-10(2-6-12)9-14-15(16(20)17(21)22-14)11-3-7-13(19)8-4-11/h1-8,14,18-20H,9H2. The van der Waals surface area contributed by atoms with E-state index in [2.05, 4.69) is 0 Å². The van der Waals surface area contributed by atoms with Gasteiger partial charge in [0.15, 0.2) is 0 Å². The zero-order valence-corrected chi connectivity index (χ0v) is 11.6. The Morgan fingerprint density at radius 1 is 0.864 bits per heavy atom. The van der Waals surface area contributed by atoms with Gasteiger partial charge in [-0.05, 0) is 35.4 Å². The van der Waals surface area contributed by atoms with Gasteiger partial charge in [0.25, 0.3) is 0 Å². The number of hydrogen-bond acceptors (Lipinski definition) is 5. The van der Waals surface area contributed by atoms with Gasteiger partial charge in [0.2, 0.25) is 5.76 Å². The number of esters is 1. The van der Waals surface area contributed by atoms with Gasteiger partial charge < -0.3 is 20.1 Å². The van der Waals surface area contributed by atoms with Crippen molar-refractivity contribution in [2.45, 2.75) is 12.5 Å². The van der Waals surface area contributed by atoms with Crippen LogP contribution < -0.4 is 0 Å². The first-order valence-corrected chi connectivity index (χ1v) is 6.76. The Bertz CT molecular complexity index is 729. The molecule has 0 bridgehead atoms. The molecular weight excluding hydrogens is 284 g/mol. The molecule has 0 amide bonds. The molecule has 1 atom stereocenters. The molecule has 0 saturated heterocycles. The third-order valence-corrected chi connectivity index (χ3v) is 3.56. The molecule has 0 aromatic heterocycles. The van der Waals surface area contributed by atoms with E-state index in [1.807, 2.05) is 0 Å². The van der Waals surface area contributed by atoms with Crippen LogP contribution in [0.2, 0.25) is 0 Å². The van der Waals surface area contributed by atoms with Crippen molar-refractivity contribution in [3.05, 3.63) is 65.4 Å². The average Bonchev–Trinajstić information content (AvgIpc) is 2.77. The Labute approximate surface area is 126 Å². The highest BCUT2D eigenvalue weighted by Gasteiger charge is 2.35. The third-order valence-electron chi connectivity index (χ3n) is 3.56. The molecule has 0 spiro atoms. The van der Waals surface area contributed by atoms with Crippen LogP contribution in [0, 0.1) is 0 Å². The van der Waals surface area contributed by atoms with Crippen molar-refractivity contribution in [2.24, 2.45) is 0 Å². The van der Waals surface area contributed by atoms with Gasteiger partial charge in [-0.25, -0.2) is 4.79 Å². The average molecular weight is 298 g/mol. The van der Waals surface area contributed by atoms with Crippen LogP contribution in [0.3, 0.4) is 0 Å². The highest BCUT2D eigenvalue weighted by molar-refractivity contribution is 6.00. The first kappa shape index (κ1) is 14.0. The van der Waals surface area contributed by atoms with E-state index in [0.717, 1.165) is 5.56 Å². The summed E-state index contributed by atoms with van der Waals surface area (Å²) in [5.41, 5.74) is 1.88. The summed E-state index contributed by atoms with van der Waals surface area (Å²) in [7, 11) is 0. The van der Waals surface area contributed by atoms with Crippen LogP contribution in [0.4, 0.5) is 0 Å². The number of carbonyl (C=O) groups excluding carboxylic acids is 1. The second kappa shape index (κ2) is 5.44. The second-order valence-corrected chi connectivity index (χ2v) is 5.07. The molecule has 5 heteroatoms. The summed E-state index contributed by atoms with van der Waals surface area (Å²) >= 11 is 0. The summed E-state index contributed by atoms with van der Waals surface area (Å²) < 4.78 is 5.22. The minimum atomic E-state index is -0.758. The molecule has 3 rings (SSSR count). The van der Waals surface area contributed by atoms with Crippen molar-refractivity contribution in [1.82, 2.24) is 0 Å². The van der Waals surface area contributed by atoms with Crippen LogP contribution in [0.15, 0.2) is 54.3 Å². The second-order valence-electron chi connectivity index (χ2n) is 5.07. The van der Waals surface area contributed by atoms with Gasteiger partial charge in [-0.3, -0.25) is 0 Å². The largest absolute Gasteiger partial charge is 0.508 e. The number of phenols is 2. The number of cyclic esters (lactones) is 1. The predicted molar refractivity (Wildman–Crippen MR) is 79.3 cm³/mol. The van der Waals surface area contributed by atoms with Crippen LogP contribution in [0.25, 0.3) is 5.57 Å².